The SMILES string of the molecule is COc1cccc(NC(=O)COc2ccc(C(=O)OCc3c(C)noc3C)cc2)c1. The van der Waals surface area contributed by atoms with Crippen LogP contribution in [0.25, 0.3) is 0 Å². The average molecular weight is 410 g/mol. The predicted molar refractivity (Wildman–Crippen MR) is 109 cm³/mol. The molecule has 156 valence electrons. The monoisotopic (exact) mass is 410 g/mol. The number of ether oxygens (including phenoxy) is 3. The number of carbonyl (C=O) groups is 2. The fourth-order valence-electron chi connectivity index (χ4n) is 2.66. The molecule has 1 N–H and O–H groups in total. The van der Waals surface area contributed by atoms with E-state index in [1.54, 1.807) is 69.5 Å². The van der Waals surface area contributed by atoms with Crippen LogP contribution in [-0.4, -0.2) is 30.7 Å². The molecule has 8 heteroatoms. The van der Waals surface area contributed by atoms with Crippen molar-refractivity contribution in [1.29, 1.82) is 0 Å². The van der Waals surface area contributed by atoms with Crippen LogP contribution in [0.2, 0.25) is 0 Å². The van der Waals surface area contributed by atoms with E-state index < -0.39 is 5.97 Å². The summed E-state index contributed by atoms with van der Waals surface area (Å²) in [6, 6.07) is 13.4. The molecule has 0 atom stereocenters. The van der Waals surface area contributed by atoms with Crippen molar-refractivity contribution in [2.75, 3.05) is 19.0 Å². The number of aryl methyl sites for hydroxylation is 2. The number of nitrogens with one attached hydrogen (secondary N) is 1. The number of hydrogen-bond acceptors (Lipinski definition) is 7. The van der Waals surface area contributed by atoms with Crippen LogP contribution in [0.1, 0.15) is 27.4 Å². The molecule has 2 aromatic carbocycles. The van der Waals surface area contributed by atoms with Crippen LogP contribution in [0.3, 0.4) is 0 Å². The average Bonchev–Trinajstić information content (AvgIpc) is 3.08. The first-order valence-corrected chi connectivity index (χ1v) is 9.22. The Balaban J connectivity index is 1.49. The maximum absolute atomic E-state index is 12.2. The summed E-state index contributed by atoms with van der Waals surface area (Å²) in [5, 5.41) is 6.55. The number of methoxy groups -OCH3 is 1. The van der Waals surface area contributed by atoms with E-state index in [1.165, 1.54) is 0 Å². The van der Waals surface area contributed by atoms with E-state index in [4.69, 9.17) is 18.7 Å². The van der Waals surface area contributed by atoms with E-state index in [1.807, 2.05) is 0 Å². The second-order valence-corrected chi connectivity index (χ2v) is 6.47. The first-order chi connectivity index (χ1) is 14.5. The number of aromatic nitrogens is 1. The van der Waals surface area contributed by atoms with Gasteiger partial charge in [-0.2, -0.15) is 0 Å². The van der Waals surface area contributed by atoms with Crippen LogP contribution in [0.5, 0.6) is 11.5 Å². The van der Waals surface area contributed by atoms with Crippen LogP contribution in [0, 0.1) is 13.8 Å². The molecule has 1 amide bonds. The van der Waals surface area contributed by atoms with Crippen molar-refractivity contribution in [3.05, 3.63) is 71.1 Å². The van der Waals surface area contributed by atoms with Crippen molar-refractivity contribution in [3.63, 3.8) is 0 Å². The molecule has 0 bridgehead atoms. The number of benzene rings is 2. The van der Waals surface area contributed by atoms with E-state index in [9.17, 15) is 9.59 Å². The van der Waals surface area contributed by atoms with Gasteiger partial charge in [0.25, 0.3) is 5.91 Å². The van der Waals surface area contributed by atoms with Crippen molar-refractivity contribution >= 4 is 17.6 Å². The number of carbonyl (C=O) groups excluding carboxylic acids is 2. The Kier molecular flexibility index (Phi) is 6.69. The summed E-state index contributed by atoms with van der Waals surface area (Å²) >= 11 is 0. The summed E-state index contributed by atoms with van der Waals surface area (Å²) in [4.78, 5) is 24.3. The highest BCUT2D eigenvalue weighted by Crippen LogP contribution is 2.18. The summed E-state index contributed by atoms with van der Waals surface area (Å²) in [5.74, 6) is 0.934. The number of rotatable bonds is 8. The van der Waals surface area contributed by atoms with E-state index >= 15 is 0 Å². The molecule has 30 heavy (non-hydrogen) atoms. The van der Waals surface area contributed by atoms with E-state index in [2.05, 4.69) is 10.5 Å². The summed E-state index contributed by atoms with van der Waals surface area (Å²) in [7, 11) is 1.56. The van der Waals surface area contributed by atoms with Gasteiger partial charge in [0.1, 0.15) is 23.9 Å². The lowest BCUT2D eigenvalue weighted by Gasteiger charge is -2.09. The molecule has 0 fully saturated rings. The third kappa shape index (κ3) is 5.38. The molecule has 0 aliphatic rings. The third-order valence-electron chi connectivity index (χ3n) is 4.34. The lowest BCUT2D eigenvalue weighted by molar-refractivity contribution is -0.118. The van der Waals surface area contributed by atoms with Crippen LogP contribution in [0.4, 0.5) is 5.69 Å². The lowest BCUT2D eigenvalue weighted by Crippen LogP contribution is -2.20. The molecule has 3 aromatic rings. The van der Waals surface area contributed by atoms with Crippen molar-refractivity contribution in [1.82, 2.24) is 5.16 Å². The molecule has 1 aromatic heterocycles. The lowest BCUT2D eigenvalue weighted by atomic mass is 10.2. The largest absolute Gasteiger partial charge is 0.497 e. The smallest absolute Gasteiger partial charge is 0.338 e. The zero-order chi connectivity index (χ0) is 21.5. The summed E-state index contributed by atoms with van der Waals surface area (Å²) in [6.07, 6.45) is 0. The van der Waals surface area contributed by atoms with Crippen LogP contribution in [0.15, 0.2) is 53.1 Å². The second kappa shape index (κ2) is 9.60. The van der Waals surface area contributed by atoms with Gasteiger partial charge < -0.3 is 24.1 Å². The van der Waals surface area contributed by atoms with Gasteiger partial charge in [-0.1, -0.05) is 11.2 Å². The molecule has 0 saturated carbocycles. The normalized spacial score (nSPS) is 10.4. The molecule has 0 unspecified atom stereocenters. The molecule has 0 spiro atoms. The first-order valence-electron chi connectivity index (χ1n) is 9.22. The highest BCUT2D eigenvalue weighted by molar-refractivity contribution is 5.92. The van der Waals surface area contributed by atoms with Gasteiger partial charge in [0, 0.05) is 11.8 Å². The number of nitrogens with zero attached hydrogens (tertiary/aromatic N) is 1. The highest BCUT2D eigenvalue weighted by atomic mass is 16.5. The second-order valence-electron chi connectivity index (χ2n) is 6.47. The first kappa shape index (κ1) is 20.9. The van der Waals surface area contributed by atoms with Crippen molar-refractivity contribution < 1.29 is 28.3 Å². The van der Waals surface area contributed by atoms with Gasteiger partial charge in [-0.15, -0.1) is 0 Å². The molecular formula is C22H22N2O6. The Hall–Kier alpha value is -3.81. The van der Waals surface area contributed by atoms with Crippen molar-refractivity contribution in [3.8, 4) is 11.5 Å². The Labute approximate surface area is 173 Å². The Morgan fingerprint density at radius 2 is 1.83 bits per heavy atom. The fourth-order valence-corrected chi connectivity index (χ4v) is 2.66. The highest BCUT2D eigenvalue weighted by Gasteiger charge is 2.13. The standard InChI is InChI=1S/C22H22N2O6/c1-14-20(15(2)30-24-14)12-29-22(26)16-7-9-18(10-8-16)28-13-21(25)23-17-5-4-6-19(11-17)27-3/h4-11H,12-13H2,1-3H3,(H,23,25). The predicted octanol–water partition coefficient (Wildman–Crippen LogP) is 3.67. The van der Waals surface area contributed by atoms with Crippen molar-refractivity contribution in [2.45, 2.75) is 20.5 Å². The Bertz CT molecular complexity index is 1010. The molecule has 0 aliphatic heterocycles. The fraction of sp³-hybridized carbons (Fsp3) is 0.227. The number of esters is 1. The Morgan fingerprint density at radius 1 is 1.07 bits per heavy atom. The number of amides is 1. The summed E-state index contributed by atoms with van der Waals surface area (Å²) in [6.45, 7) is 3.46. The molecule has 0 radical (unpaired) electrons. The Morgan fingerprint density at radius 3 is 2.50 bits per heavy atom. The number of anilines is 1. The van der Waals surface area contributed by atoms with E-state index in [0.29, 0.717) is 34.2 Å². The number of hydrogen-bond donors (Lipinski definition) is 1. The van der Waals surface area contributed by atoms with Crippen molar-refractivity contribution in [2.24, 2.45) is 0 Å². The molecule has 0 aliphatic carbocycles. The van der Waals surface area contributed by atoms with Gasteiger partial charge >= 0.3 is 5.97 Å². The molecule has 8 nitrogen and oxygen atoms in total. The maximum atomic E-state index is 12.2. The summed E-state index contributed by atoms with van der Waals surface area (Å²) in [5.41, 5.74) is 2.43. The quantitative estimate of drug-likeness (QED) is 0.566. The summed E-state index contributed by atoms with van der Waals surface area (Å²) < 4.78 is 20.9. The topological polar surface area (TPSA) is 99.9 Å². The van der Waals surface area contributed by atoms with Gasteiger partial charge in [0.05, 0.1) is 23.9 Å². The van der Waals surface area contributed by atoms with Crippen LogP contribution in [-0.2, 0) is 16.1 Å². The van der Waals surface area contributed by atoms with Gasteiger partial charge in [-0.05, 0) is 50.2 Å². The molecule has 1 heterocycles. The zero-order valence-electron chi connectivity index (χ0n) is 16.9. The third-order valence-corrected chi connectivity index (χ3v) is 4.34. The molecular weight excluding hydrogens is 388 g/mol. The van der Waals surface area contributed by atoms with E-state index in [-0.39, 0.29) is 19.1 Å². The minimum atomic E-state index is -0.475. The van der Waals surface area contributed by atoms with E-state index in [0.717, 1.165) is 5.56 Å². The van der Waals surface area contributed by atoms with Gasteiger partial charge in [-0.25, -0.2) is 4.79 Å². The van der Waals surface area contributed by atoms with Crippen LogP contribution < -0.4 is 14.8 Å². The van der Waals surface area contributed by atoms with Gasteiger partial charge in [-0.3, -0.25) is 4.79 Å². The molecule has 0 saturated heterocycles. The zero-order valence-corrected chi connectivity index (χ0v) is 16.9. The maximum Gasteiger partial charge on any atom is 0.338 e. The minimum absolute atomic E-state index is 0.0860. The van der Waals surface area contributed by atoms with Gasteiger partial charge in [0.2, 0.25) is 0 Å². The minimum Gasteiger partial charge on any atom is -0.497 e. The van der Waals surface area contributed by atoms with Crippen LogP contribution >= 0.6 is 0 Å². The van der Waals surface area contributed by atoms with Gasteiger partial charge in [0.15, 0.2) is 6.61 Å². The molecule has 3 rings (SSSR count).